The number of para-hydroxylation sites is 1. The molecular formula is C31H35FN8O2. The number of hydrogen-bond donors (Lipinski definition) is 1. The predicted octanol–water partition coefficient (Wildman–Crippen LogP) is 3.88. The van der Waals surface area contributed by atoms with Crippen LogP contribution in [0.3, 0.4) is 0 Å². The monoisotopic (exact) mass is 570 g/mol. The number of rotatable bonds is 10. The van der Waals surface area contributed by atoms with Crippen molar-refractivity contribution in [2.75, 3.05) is 26.4 Å². The second-order valence-corrected chi connectivity index (χ2v) is 11.6. The molecule has 1 saturated carbocycles. The summed E-state index contributed by atoms with van der Waals surface area (Å²) in [6.07, 6.45) is 6.86. The number of aryl methyl sites for hydroxylation is 2. The highest BCUT2D eigenvalue weighted by Crippen LogP contribution is 2.39. The second-order valence-electron chi connectivity index (χ2n) is 11.6. The van der Waals surface area contributed by atoms with Gasteiger partial charge in [-0.2, -0.15) is 0 Å². The molecule has 0 unspecified atom stereocenters. The summed E-state index contributed by atoms with van der Waals surface area (Å²) in [5.74, 6) is 2.10. The minimum Gasteiger partial charge on any atom is -0.490 e. The van der Waals surface area contributed by atoms with Crippen LogP contribution in [0, 0.1) is 12.8 Å². The summed E-state index contributed by atoms with van der Waals surface area (Å²) in [6.45, 7) is 4.11. The first-order valence-electron chi connectivity index (χ1n) is 14.6. The zero-order valence-corrected chi connectivity index (χ0v) is 24.0. The molecule has 218 valence electrons. The number of hydrogen-bond acceptors (Lipinski definition) is 6. The maximum atomic E-state index is 13.2. The minimum atomic E-state index is -0.689. The van der Waals surface area contributed by atoms with Crippen molar-refractivity contribution in [3.63, 3.8) is 0 Å². The number of aromatic nitrogens is 6. The minimum absolute atomic E-state index is 0.169. The van der Waals surface area contributed by atoms with Crippen molar-refractivity contribution in [3.8, 4) is 17.3 Å². The molecule has 2 N–H and O–H groups in total. The van der Waals surface area contributed by atoms with Gasteiger partial charge >= 0.3 is 0 Å². The molecule has 0 spiro atoms. The lowest BCUT2D eigenvalue weighted by Gasteiger charge is -2.29. The number of pyridine rings is 1. The predicted molar refractivity (Wildman–Crippen MR) is 158 cm³/mol. The van der Waals surface area contributed by atoms with Gasteiger partial charge in [0, 0.05) is 44.7 Å². The van der Waals surface area contributed by atoms with Gasteiger partial charge in [0.2, 0.25) is 0 Å². The van der Waals surface area contributed by atoms with E-state index in [0.717, 1.165) is 51.8 Å². The molecule has 4 aromatic heterocycles. The van der Waals surface area contributed by atoms with E-state index in [9.17, 15) is 9.18 Å². The number of fused-ring (bicyclic) bond motifs is 3. The molecule has 42 heavy (non-hydrogen) atoms. The van der Waals surface area contributed by atoms with Gasteiger partial charge in [-0.05, 0) is 43.9 Å². The van der Waals surface area contributed by atoms with E-state index < -0.39 is 12.7 Å². The smallest absolute Gasteiger partial charge is 0.255 e. The van der Waals surface area contributed by atoms with Gasteiger partial charge in [0.25, 0.3) is 5.91 Å². The third-order valence-corrected chi connectivity index (χ3v) is 8.33. The molecule has 1 amide bonds. The van der Waals surface area contributed by atoms with Crippen LogP contribution in [0.2, 0.25) is 0 Å². The standard InChI is InChI=1S/C31H35FN8O2/c1-19-15-38(18-34-19)10-11-42-27-5-3-4-21-12-26(40(28(21)27)16-20-6-7-20)30-36-25-13-23-24(35-29(25)37(30)2)8-9-39(31(23)41)17-22(33)14-32/h3-5,12-13,15,18,20,22H,6-11,14,16-17,33H2,1-2H3/t22-/m1/s1. The highest BCUT2D eigenvalue weighted by atomic mass is 19.1. The second kappa shape index (κ2) is 10.5. The Kier molecular flexibility index (Phi) is 6.69. The van der Waals surface area contributed by atoms with Gasteiger partial charge in [-0.25, -0.2) is 19.3 Å². The van der Waals surface area contributed by atoms with Crippen molar-refractivity contribution < 1.29 is 13.9 Å². The average molecular weight is 571 g/mol. The highest BCUT2D eigenvalue weighted by Gasteiger charge is 2.30. The van der Waals surface area contributed by atoms with Crippen molar-refractivity contribution in [1.29, 1.82) is 0 Å². The Hall–Kier alpha value is -4.25. The van der Waals surface area contributed by atoms with Gasteiger partial charge in [0.05, 0.1) is 47.1 Å². The summed E-state index contributed by atoms with van der Waals surface area (Å²) < 4.78 is 25.8. The number of nitrogens with zero attached hydrogens (tertiary/aromatic N) is 7. The lowest BCUT2D eigenvalue weighted by molar-refractivity contribution is 0.0723. The van der Waals surface area contributed by atoms with E-state index in [-0.39, 0.29) is 12.5 Å². The Balaban J connectivity index is 1.26. The van der Waals surface area contributed by atoms with Crippen LogP contribution in [0.4, 0.5) is 4.39 Å². The maximum Gasteiger partial charge on any atom is 0.255 e. The molecular weight excluding hydrogens is 535 g/mol. The fourth-order valence-corrected chi connectivity index (χ4v) is 5.97. The van der Waals surface area contributed by atoms with Crippen LogP contribution < -0.4 is 10.5 Å². The normalized spacial score (nSPS) is 16.0. The SMILES string of the molecule is Cc1cn(CCOc2cccc3cc(-c4nc5cc6c(nc5n4C)CCN(C[C@H](N)CF)C6=O)n(CC4CC4)c23)cn1. The summed E-state index contributed by atoms with van der Waals surface area (Å²) in [5, 5.41) is 1.09. The topological polar surface area (TPSA) is 109 Å². The molecule has 2 aliphatic rings. The van der Waals surface area contributed by atoms with Crippen LogP contribution in [-0.2, 0) is 26.6 Å². The van der Waals surface area contributed by atoms with E-state index in [4.69, 9.17) is 20.4 Å². The van der Waals surface area contributed by atoms with Crippen LogP contribution in [0.25, 0.3) is 33.6 Å². The van der Waals surface area contributed by atoms with Crippen molar-refractivity contribution in [2.45, 2.75) is 45.3 Å². The highest BCUT2D eigenvalue weighted by molar-refractivity contribution is 5.99. The average Bonchev–Trinajstić information content (AvgIpc) is 3.47. The summed E-state index contributed by atoms with van der Waals surface area (Å²) in [6, 6.07) is 9.49. The fraction of sp³-hybridized carbons (Fsp3) is 0.419. The fourth-order valence-electron chi connectivity index (χ4n) is 5.97. The first-order valence-corrected chi connectivity index (χ1v) is 14.6. The Morgan fingerprint density at radius 3 is 2.83 bits per heavy atom. The van der Waals surface area contributed by atoms with Gasteiger partial charge in [0.1, 0.15) is 24.5 Å². The van der Waals surface area contributed by atoms with Crippen molar-refractivity contribution in [1.82, 2.24) is 33.6 Å². The van der Waals surface area contributed by atoms with Crippen LogP contribution in [0.1, 0.15) is 34.6 Å². The van der Waals surface area contributed by atoms with Gasteiger partial charge in [-0.3, -0.25) is 4.79 Å². The zero-order chi connectivity index (χ0) is 29.0. The Labute approximate surface area is 242 Å². The Morgan fingerprint density at radius 2 is 2.07 bits per heavy atom. The number of halogens is 1. The Morgan fingerprint density at radius 1 is 1.21 bits per heavy atom. The quantitative estimate of drug-likeness (QED) is 0.273. The number of amides is 1. The molecule has 1 aliphatic carbocycles. The van der Waals surface area contributed by atoms with E-state index in [1.54, 1.807) is 4.90 Å². The van der Waals surface area contributed by atoms with E-state index in [2.05, 4.69) is 21.7 Å². The van der Waals surface area contributed by atoms with Crippen molar-refractivity contribution in [2.24, 2.45) is 18.7 Å². The van der Waals surface area contributed by atoms with Crippen LogP contribution >= 0.6 is 0 Å². The molecule has 5 heterocycles. The molecule has 11 heteroatoms. The van der Waals surface area contributed by atoms with E-state index in [0.29, 0.717) is 43.1 Å². The lowest BCUT2D eigenvalue weighted by atomic mass is 10.0. The van der Waals surface area contributed by atoms with Crippen molar-refractivity contribution in [3.05, 3.63) is 59.8 Å². The molecule has 0 bridgehead atoms. The summed E-state index contributed by atoms with van der Waals surface area (Å²) >= 11 is 0. The number of imidazole rings is 2. The van der Waals surface area contributed by atoms with Gasteiger partial charge in [-0.1, -0.05) is 12.1 Å². The van der Waals surface area contributed by atoms with Crippen LogP contribution in [0.5, 0.6) is 5.75 Å². The molecule has 1 aromatic carbocycles. The number of benzene rings is 1. The van der Waals surface area contributed by atoms with Gasteiger partial charge < -0.3 is 29.1 Å². The zero-order valence-electron chi connectivity index (χ0n) is 24.0. The van der Waals surface area contributed by atoms with E-state index in [1.807, 2.05) is 53.8 Å². The van der Waals surface area contributed by atoms with Crippen LogP contribution in [0.15, 0.2) is 42.9 Å². The number of nitrogens with two attached hydrogens (primary N) is 1. The number of carbonyl (C=O) groups excluding carboxylic acids is 1. The number of alkyl halides is 1. The number of ether oxygens (including phenoxy) is 1. The molecule has 5 aromatic rings. The van der Waals surface area contributed by atoms with Crippen molar-refractivity contribution >= 4 is 28.0 Å². The van der Waals surface area contributed by atoms with E-state index >= 15 is 0 Å². The summed E-state index contributed by atoms with van der Waals surface area (Å²) in [7, 11) is 1.98. The first kappa shape index (κ1) is 26.6. The first-order chi connectivity index (χ1) is 20.4. The largest absolute Gasteiger partial charge is 0.490 e. The van der Waals surface area contributed by atoms with Crippen LogP contribution in [-0.4, -0.2) is 71.9 Å². The van der Waals surface area contributed by atoms with Gasteiger partial charge in [0.15, 0.2) is 11.5 Å². The molecule has 0 radical (unpaired) electrons. The third-order valence-electron chi connectivity index (χ3n) is 8.33. The van der Waals surface area contributed by atoms with E-state index in [1.165, 1.54) is 12.8 Å². The maximum absolute atomic E-state index is 13.2. The molecule has 1 aliphatic heterocycles. The molecule has 1 fully saturated rings. The molecule has 10 nitrogen and oxygen atoms in total. The summed E-state index contributed by atoms with van der Waals surface area (Å²) in [5.41, 5.74) is 11.5. The van der Waals surface area contributed by atoms with Gasteiger partial charge in [-0.15, -0.1) is 0 Å². The summed E-state index contributed by atoms with van der Waals surface area (Å²) in [4.78, 5) is 29.1. The molecule has 0 saturated heterocycles. The molecule has 7 rings (SSSR count). The number of carbonyl (C=O) groups is 1. The third kappa shape index (κ3) is 4.81. The lowest BCUT2D eigenvalue weighted by Crippen LogP contribution is -2.45. The molecule has 1 atom stereocenters. The Bertz CT molecular complexity index is 1800.